The minimum Gasteiger partial charge on any atom is -0.494 e. The van der Waals surface area contributed by atoms with Crippen molar-refractivity contribution < 1.29 is 14.3 Å². The van der Waals surface area contributed by atoms with Crippen molar-refractivity contribution in [3.8, 4) is 11.5 Å². The zero-order valence-corrected chi connectivity index (χ0v) is 15.7. The molecule has 4 rings (SSSR count). The van der Waals surface area contributed by atoms with Crippen LogP contribution in [-0.2, 0) is 25.9 Å². The van der Waals surface area contributed by atoms with E-state index in [1.54, 1.807) is 6.33 Å². The number of carbonyl (C=O) groups is 1. The molecule has 8 heteroatoms. The van der Waals surface area contributed by atoms with E-state index in [4.69, 9.17) is 9.47 Å². The third-order valence-electron chi connectivity index (χ3n) is 4.96. The minimum absolute atomic E-state index is 0.0507. The molecule has 1 aromatic heterocycles. The number of carbonyl (C=O) groups excluding carboxylic acids is 1. The monoisotopic (exact) mass is 371 g/mol. The zero-order chi connectivity index (χ0) is 18.8. The highest BCUT2D eigenvalue weighted by atomic mass is 16.5. The van der Waals surface area contributed by atoms with E-state index in [0.717, 1.165) is 47.7 Å². The predicted octanol–water partition coefficient (Wildman–Crippen LogP) is 1.81. The Balaban J connectivity index is 1.37. The van der Waals surface area contributed by atoms with Crippen molar-refractivity contribution in [1.82, 2.24) is 25.4 Å². The molecule has 0 aliphatic carbocycles. The van der Waals surface area contributed by atoms with Crippen molar-refractivity contribution in [1.29, 1.82) is 0 Å². The minimum atomic E-state index is -0.194. The van der Waals surface area contributed by atoms with Crippen molar-refractivity contribution in [3.63, 3.8) is 0 Å². The van der Waals surface area contributed by atoms with Gasteiger partial charge >= 0.3 is 6.03 Å². The maximum absolute atomic E-state index is 12.4. The van der Waals surface area contributed by atoms with E-state index in [1.807, 2.05) is 23.7 Å². The molecule has 27 heavy (non-hydrogen) atoms. The molecular weight excluding hydrogens is 346 g/mol. The molecule has 3 heterocycles. The molecule has 2 aromatic rings. The largest absolute Gasteiger partial charge is 0.494 e. The van der Waals surface area contributed by atoms with E-state index in [-0.39, 0.29) is 18.2 Å². The Hall–Kier alpha value is -2.77. The molecule has 0 fully saturated rings. The second kappa shape index (κ2) is 7.46. The van der Waals surface area contributed by atoms with Gasteiger partial charge in [0.15, 0.2) is 0 Å². The van der Waals surface area contributed by atoms with Gasteiger partial charge in [-0.1, -0.05) is 0 Å². The average molecular weight is 371 g/mol. The van der Waals surface area contributed by atoms with E-state index in [9.17, 15) is 4.79 Å². The number of rotatable bonds is 5. The number of hydrogen-bond donors (Lipinski definition) is 2. The Morgan fingerprint density at radius 2 is 2.33 bits per heavy atom. The van der Waals surface area contributed by atoms with Gasteiger partial charge in [-0.25, -0.2) is 14.5 Å². The van der Waals surface area contributed by atoms with Crippen LogP contribution in [0.25, 0.3) is 0 Å². The molecule has 2 amide bonds. The summed E-state index contributed by atoms with van der Waals surface area (Å²) < 4.78 is 13.4. The van der Waals surface area contributed by atoms with Crippen molar-refractivity contribution in [2.75, 3.05) is 6.61 Å². The second-order valence-corrected chi connectivity index (χ2v) is 7.05. The van der Waals surface area contributed by atoms with Gasteiger partial charge in [-0.3, -0.25) is 0 Å². The summed E-state index contributed by atoms with van der Waals surface area (Å²) in [5.74, 6) is 2.66. The summed E-state index contributed by atoms with van der Waals surface area (Å²) in [6.45, 7) is 5.62. The molecule has 2 aliphatic rings. The molecule has 8 nitrogen and oxygen atoms in total. The standard InChI is InChI=1S/C19H25N5O3/c1-3-26-16-7-13-6-12(2)27-17(13)8-14(16)9-20-19(25)23-15-4-5-18-21-11-22-24(18)10-15/h7-8,11-12,15H,3-6,9-10H2,1-2H3,(H2,20,23,25). The maximum Gasteiger partial charge on any atom is 0.315 e. The number of aryl methyl sites for hydroxylation is 1. The molecule has 2 atom stereocenters. The first kappa shape index (κ1) is 17.6. The summed E-state index contributed by atoms with van der Waals surface area (Å²) in [4.78, 5) is 16.6. The Kier molecular flexibility index (Phi) is 4.87. The average Bonchev–Trinajstić information content (AvgIpc) is 3.24. The number of aromatic nitrogens is 3. The predicted molar refractivity (Wildman–Crippen MR) is 98.9 cm³/mol. The lowest BCUT2D eigenvalue weighted by Crippen LogP contribution is -2.45. The fourth-order valence-electron chi connectivity index (χ4n) is 3.68. The molecule has 0 bridgehead atoms. The first-order valence-corrected chi connectivity index (χ1v) is 9.48. The maximum atomic E-state index is 12.4. The van der Waals surface area contributed by atoms with E-state index >= 15 is 0 Å². The van der Waals surface area contributed by atoms with Crippen LogP contribution in [0.5, 0.6) is 11.5 Å². The molecular formula is C19H25N5O3. The highest BCUT2D eigenvalue weighted by Gasteiger charge is 2.23. The second-order valence-electron chi connectivity index (χ2n) is 7.05. The number of amides is 2. The number of urea groups is 1. The molecule has 0 radical (unpaired) electrons. The lowest BCUT2D eigenvalue weighted by molar-refractivity contribution is 0.231. The van der Waals surface area contributed by atoms with Crippen molar-refractivity contribution in [2.45, 2.75) is 58.3 Å². The Labute approximate surface area is 158 Å². The summed E-state index contributed by atoms with van der Waals surface area (Å²) >= 11 is 0. The normalized spacial score (nSPS) is 20.4. The van der Waals surface area contributed by atoms with Crippen molar-refractivity contribution >= 4 is 6.03 Å². The first-order chi connectivity index (χ1) is 13.1. The summed E-state index contributed by atoms with van der Waals surface area (Å²) in [5, 5.41) is 10.1. The molecule has 144 valence electrons. The third-order valence-corrected chi connectivity index (χ3v) is 4.96. The Morgan fingerprint density at radius 1 is 1.44 bits per heavy atom. The molecule has 2 N–H and O–H groups in total. The lowest BCUT2D eigenvalue weighted by atomic mass is 10.1. The summed E-state index contributed by atoms with van der Waals surface area (Å²) in [6, 6.07) is 3.87. The van der Waals surface area contributed by atoms with Gasteiger partial charge in [-0.15, -0.1) is 0 Å². The smallest absolute Gasteiger partial charge is 0.315 e. The van der Waals surface area contributed by atoms with E-state index in [1.165, 1.54) is 0 Å². The molecule has 0 saturated heterocycles. The Bertz CT molecular complexity index is 835. The van der Waals surface area contributed by atoms with Crippen LogP contribution < -0.4 is 20.1 Å². The molecule has 2 unspecified atom stereocenters. The number of ether oxygens (including phenoxy) is 2. The highest BCUT2D eigenvalue weighted by molar-refractivity contribution is 5.74. The summed E-state index contributed by atoms with van der Waals surface area (Å²) in [5.41, 5.74) is 2.08. The van der Waals surface area contributed by atoms with Crippen LogP contribution in [0, 0.1) is 0 Å². The first-order valence-electron chi connectivity index (χ1n) is 9.48. The SMILES string of the molecule is CCOc1cc2c(cc1CNC(=O)NC1CCc3ncnn3C1)OC(C)C2. The summed E-state index contributed by atoms with van der Waals surface area (Å²) in [6.07, 6.45) is 4.30. The number of benzene rings is 1. The fraction of sp³-hybridized carbons (Fsp3) is 0.526. The van der Waals surface area contributed by atoms with Crippen LogP contribution in [-0.4, -0.2) is 39.5 Å². The lowest BCUT2D eigenvalue weighted by Gasteiger charge is -2.23. The van der Waals surface area contributed by atoms with Crippen LogP contribution in [0.2, 0.25) is 0 Å². The van der Waals surface area contributed by atoms with Crippen LogP contribution in [0.1, 0.15) is 37.2 Å². The zero-order valence-electron chi connectivity index (χ0n) is 15.7. The fourth-order valence-corrected chi connectivity index (χ4v) is 3.68. The number of fused-ring (bicyclic) bond motifs is 2. The quantitative estimate of drug-likeness (QED) is 0.837. The van der Waals surface area contributed by atoms with E-state index < -0.39 is 0 Å². The number of hydrogen-bond acceptors (Lipinski definition) is 5. The molecule has 2 aliphatic heterocycles. The van der Waals surface area contributed by atoms with Gasteiger partial charge in [-0.05, 0) is 32.4 Å². The van der Waals surface area contributed by atoms with Gasteiger partial charge < -0.3 is 20.1 Å². The van der Waals surface area contributed by atoms with Crippen LogP contribution in [0.3, 0.4) is 0 Å². The van der Waals surface area contributed by atoms with Crippen LogP contribution in [0.4, 0.5) is 4.79 Å². The van der Waals surface area contributed by atoms with Gasteiger partial charge in [0, 0.05) is 30.5 Å². The van der Waals surface area contributed by atoms with E-state index in [0.29, 0.717) is 19.7 Å². The van der Waals surface area contributed by atoms with Gasteiger partial charge in [-0.2, -0.15) is 5.10 Å². The topological polar surface area (TPSA) is 90.3 Å². The number of nitrogens with zero attached hydrogens (tertiary/aromatic N) is 3. The molecule has 0 saturated carbocycles. The van der Waals surface area contributed by atoms with Gasteiger partial charge in [0.05, 0.1) is 19.2 Å². The highest BCUT2D eigenvalue weighted by Crippen LogP contribution is 2.35. The van der Waals surface area contributed by atoms with Crippen LogP contribution in [0.15, 0.2) is 18.5 Å². The van der Waals surface area contributed by atoms with Gasteiger partial charge in [0.25, 0.3) is 0 Å². The third kappa shape index (κ3) is 3.84. The van der Waals surface area contributed by atoms with Crippen LogP contribution >= 0.6 is 0 Å². The molecule has 0 spiro atoms. The van der Waals surface area contributed by atoms with Crippen molar-refractivity contribution in [3.05, 3.63) is 35.4 Å². The molecule has 1 aromatic carbocycles. The number of nitrogens with one attached hydrogen (secondary N) is 2. The Morgan fingerprint density at radius 3 is 3.19 bits per heavy atom. The van der Waals surface area contributed by atoms with E-state index in [2.05, 4.69) is 27.6 Å². The van der Waals surface area contributed by atoms with Gasteiger partial charge in [0.1, 0.15) is 29.8 Å². The summed E-state index contributed by atoms with van der Waals surface area (Å²) in [7, 11) is 0. The van der Waals surface area contributed by atoms with Gasteiger partial charge in [0.2, 0.25) is 0 Å². The van der Waals surface area contributed by atoms with Crippen molar-refractivity contribution in [2.24, 2.45) is 0 Å².